The van der Waals surface area contributed by atoms with E-state index in [0.717, 1.165) is 6.42 Å². The maximum Gasteiger partial charge on any atom is 0.238 e. The third-order valence-corrected chi connectivity index (χ3v) is 2.02. The number of rotatable bonds is 1. The van der Waals surface area contributed by atoms with Gasteiger partial charge in [-0.25, -0.2) is 5.01 Å². The molecule has 0 radical (unpaired) electrons. The molecule has 0 aromatic carbocycles. The van der Waals surface area contributed by atoms with E-state index in [2.05, 4.69) is 17.7 Å². The number of carbonyl (C=O) groups excluding carboxylic acids is 1. The Kier molecular flexibility index (Phi) is 2.46. The van der Waals surface area contributed by atoms with Crippen LogP contribution in [0.15, 0.2) is 0 Å². The van der Waals surface area contributed by atoms with Crippen molar-refractivity contribution in [2.24, 2.45) is 0 Å². The molecule has 1 saturated heterocycles. The highest BCUT2D eigenvalue weighted by atomic mass is 16.2. The van der Waals surface area contributed by atoms with E-state index in [-0.39, 0.29) is 11.9 Å². The first-order chi connectivity index (χ1) is 5.15. The number of carbonyl (C=O) groups is 1. The second-order valence-corrected chi connectivity index (χ2v) is 3.01. The van der Waals surface area contributed by atoms with Gasteiger partial charge in [0.2, 0.25) is 5.91 Å². The van der Waals surface area contributed by atoms with E-state index in [1.165, 1.54) is 0 Å². The molecule has 2 unspecified atom stereocenters. The SMILES string of the molecule is CNC(=O)C1CC(C)NN1C. The Labute approximate surface area is 66.9 Å². The zero-order valence-electron chi connectivity index (χ0n) is 7.22. The summed E-state index contributed by atoms with van der Waals surface area (Å²) in [7, 11) is 3.56. The maximum absolute atomic E-state index is 11.2. The molecule has 0 bridgehead atoms. The van der Waals surface area contributed by atoms with Crippen LogP contribution in [0, 0.1) is 0 Å². The molecule has 4 nitrogen and oxygen atoms in total. The summed E-state index contributed by atoms with van der Waals surface area (Å²) in [6.45, 7) is 2.07. The van der Waals surface area contributed by atoms with Crippen LogP contribution in [-0.4, -0.2) is 37.1 Å². The van der Waals surface area contributed by atoms with Gasteiger partial charge in [0.05, 0.1) is 0 Å². The van der Waals surface area contributed by atoms with E-state index in [9.17, 15) is 4.79 Å². The van der Waals surface area contributed by atoms with Crippen molar-refractivity contribution in [2.75, 3.05) is 14.1 Å². The minimum atomic E-state index is -0.00463. The Morgan fingerprint density at radius 3 is 2.73 bits per heavy atom. The summed E-state index contributed by atoms with van der Waals surface area (Å²) < 4.78 is 0. The fraction of sp³-hybridized carbons (Fsp3) is 0.857. The molecule has 0 saturated carbocycles. The largest absolute Gasteiger partial charge is 0.358 e. The van der Waals surface area contributed by atoms with Gasteiger partial charge in [-0.3, -0.25) is 10.2 Å². The number of nitrogens with zero attached hydrogens (tertiary/aromatic N) is 1. The lowest BCUT2D eigenvalue weighted by Crippen LogP contribution is -2.43. The molecule has 0 aromatic rings. The van der Waals surface area contributed by atoms with E-state index >= 15 is 0 Å². The predicted octanol–water partition coefficient (Wildman–Crippen LogP) is -0.670. The number of hydrogen-bond acceptors (Lipinski definition) is 3. The van der Waals surface area contributed by atoms with Crippen molar-refractivity contribution in [3.8, 4) is 0 Å². The van der Waals surface area contributed by atoms with Crippen molar-refractivity contribution in [1.82, 2.24) is 15.8 Å². The first kappa shape index (κ1) is 8.49. The topological polar surface area (TPSA) is 44.4 Å². The quantitative estimate of drug-likeness (QED) is 0.530. The van der Waals surface area contributed by atoms with Crippen LogP contribution in [0.5, 0.6) is 0 Å². The Morgan fingerprint density at radius 2 is 2.36 bits per heavy atom. The summed E-state index contributed by atoms with van der Waals surface area (Å²) in [5, 5.41) is 4.50. The number of likely N-dealkylation sites (N-methyl/N-ethyl adjacent to an activating group) is 2. The van der Waals surface area contributed by atoms with Gasteiger partial charge in [-0.2, -0.15) is 0 Å². The van der Waals surface area contributed by atoms with Gasteiger partial charge in [0.25, 0.3) is 0 Å². The lowest BCUT2D eigenvalue weighted by Gasteiger charge is -2.16. The number of hydrazine groups is 1. The molecular weight excluding hydrogens is 142 g/mol. The molecule has 1 heterocycles. The molecular formula is C7H15N3O. The molecule has 0 aliphatic carbocycles. The van der Waals surface area contributed by atoms with Crippen LogP contribution in [0.1, 0.15) is 13.3 Å². The number of amides is 1. The number of hydrogen-bond donors (Lipinski definition) is 2. The Hall–Kier alpha value is -0.610. The van der Waals surface area contributed by atoms with E-state index in [4.69, 9.17) is 0 Å². The van der Waals surface area contributed by atoms with Crippen LogP contribution in [0.3, 0.4) is 0 Å². The fourth-order valence-electron chi connectivity index (χ4n) is 1.43. The lowest BCUT2D eigenvalue weighted by atomic mass is 10.1. The average molecular weight is 157 g/mol. The predicted molar refractivity (Wildman–Crippen MR) is 42.8 cm³/mol. The average Bonchev–Trinajstić information content (AvgIpc) is 2.28. The molecule has 0 spiro atoms. The summed E-state index contributed by atoms with van der Waals surface area (Å²) in [4.78, 5) is 11.2. The standard InChI is InChI=1S/C7H15N3O/c1-5-4-6(7(11)8-2)10(3)9-5/h5-6,9H,4H2,1-3H3,(H,8,11). The maximum atomic E-state index is 11.2. The molecule has 1 rings (SSSR count). The van der Waals surface area contributed by atoms with Gasteiger partial charge in [-0.05, 0) is 13.3 Å². The summed E-state index contributed by atoms with van der Waals surface area (Å²) in [6, 6.07) is 0.400. The summed E-state index contributed by atoms with van der Waals surface area (Å²) in [5.74, 6) is 0.0874. The fourth-order valence-corrected chi connectivity index (χ4v) is 1.43. The zero-order valence-corrected chi connectivity index (χ0v) is 7.22. The molecule has 1 amide bonds. The van der Waals surface area contributed by atoms with Gasteiger partial charge in [0, 0.05) is 20.1 Å². The van der Waals surface area contributed by atoms with Crippen molar-refractivity contribution in [3.05, 3.63) is 0 Å². The van der Waals surface area contributed by atoms with Crippen LogP contribution in [0.25, 0.3) is 0 Å². The van der Waals surface area contributed by atoms with E-state index in [1.807, 2.05) is 12.1 Å². The van der Waals surface area contributed by atoms with Crippen LogP contribution < -0.4 is 10.7 Å². The normalized spacial score (nSPS) is 32.3. The summed E-state index contributed by atoms with van der Waals surface area (Å²) >= 11 is 0. The van der Waals surface area contributed by atoms with Crippen molar-refractivity contribution in [3.63, 3.8) is 0 Å². The van der Waals surface area contributed by atoms with Gasteiger partial charge in [0.1, 0.15) is 6.04 Å². The second-order valence-electron chi connectivity index (χ2n) is 3.01. The van der Waals surface area contributed by atoms with Gasteiger partial charge in [0.15, 0.2) is 0 Å². The molecule has 2 atom stereocenters. The molecule has 1 aliphatic rings. The Morgan fingerprint density at radius 1 is 1.73 bits per heavy atom. The third kappa shape index (κ3) is 1.70. The smallest absolute Gasteiger partial charge is 0.238 e. The highest BCUT2D eigenvalue weighted by molar-refractivity contribution is 5.81. The Bertz CT molecular complexity index is 160. The zero-order chi connectivity index (χ0) is 8.43. The second kappa shape index (κ2) is 3.19. The molecule has 4 heteroatoms. The highest BCUT2D eigenvalue weighted by Gasteiger charge is 2.30. The van der Waals surface area contributed by atoms with Crippen molar-refractivity contribution in [2.45, 2.75) is 25.4 Å². The van der Waals surface area contributed by atoms with Crippen LogP contribution in [0.4, 0.5) is 0 Å². The minimum absolute atomic E-state index is 0.00463. The molecule has 1 aliphatic heterocycles. The van der Waals surface area contributed by atoms with Crippen molar-refractivity contribution < 1.29 is 4.79 Å². The minimum Gasteiger partial charge on any atom is -0.358 e. The first-order valence-corrected chi connectivity index (χ1v) is 3.85. The van der Waals surface area contributed by atoms with Crippen molar-refractivity contribution in [1.29, 1.82) is 0 Å². The monoisotopic (exact) mass is 157 g/mol. The van der Waals surface area contributed by atoms with Gasteiger partial charge in [-0.1, -0.05) is 0 Å². The van der Waals surface area contributed by atoms with Gasteiger partial charge >= 0.3 is 0 Å². The summed E-state index contributed by atoms with van der Waals surface area (Å²) in [6.07, 6.45) is 0.885. The van der Waals surface area contributed by atoms with E-state index in [0.29, 0.717) is 6.04 Å². The molecule has 2 N–H and O–H groups in total. The van der Waals surface area contributed by atoms with E-state index in [1.54, 1.807) is 7.05 Å². The van der Waals surface area contributed by atoms with Gasteiger partial charge in [-0.15, -0.1) is 0 Å². The van der Waals surface area contributed by atoms with Crippen LogP contribution in [0.2, 0.25) is 0 Å². The van der Waals surface area contributed by atoms with Crippen LogP contribution >= 0.6 is 0 Å². The molecule has 1 fully saturated rings. The Balaban J connectivity index is 2.52. The molecule has 64 valence electrons. The number of nitrogens with one attached hydrogen (secondary N) is 2. The van der Waals surface area contributed by atoms with Crippen LogP contribution in [-0.2, 0) is 4.79 Å². The van der Waals surface area contributed by atoms with E-state index < -0.39 is 0 Å². The third-order valence-electron chi connectivity index (χ3n) is 2.02. The summed E-state index contributed by atoms with van der Waals surface area (Å²) in [5.41, 5.74) is 3.15. The first-order valence-electron chi connectivity index (χ1n) is 3.85. The molecule has 0 aromatic heterocycles. The van der Waals surface area contributed by atoms with Crippen molar-refractivity contribution >= 4 is 5.91 Å². The molecule has 11 heavy (non-hydrogen) atoms. The highest BCUT2D eigenvalue weighted by Crippen LogP contribution is 2.11. The lowest BCUT2D eigenvalue weighted by molar-refractivity contribution is -0.125. The van der Waals surface area contributed by atoms with Gasteiger partial charge < -0.3 is 5.32 Å².